The van der Waals surface area contributed by atoms with Crippen LogP contribution in [0.25, 0.3) is 11.3 Å². The number of piperazine rings is 1. The number of pyridine rings is 1. The topological polar surface area (TPSA) is 107 Å². The van der Waals surface area contributed by atoms with Gasteiger partial charge in [0.1, 0.15) is 16.7 Å². The zero-order chi connectivity index (χ0) is 29.6. The number of hydrogen-bond acceptors (Lipinski definition) is 9. The summed E-state index contributed by atoms with van der Waals surface area (Å²) in [6.45, 7) is 5.72. The third kappa shape index (κ3) is 5.98. The number of nitrogens with zero attached hydrogens (tertiary/aromatic N) is 5. The molecule has 4 aliphatic carbocycles. The summed E-state index contributed by atoms with van der Waals surface area (Å²) in [5.41, 5.74) is 1.85. The van der Waals surface area contributed by atoms with Crippen molar-refractivity contribution in [1.29, 1.82) is 0 Å². The Kier molecular flexibility index (Phi) is 7.79. The first-order valence-corrected chi connectivity index (χ1v) is 16.3. The van der Waals surface area contributed by atoms with Crippen LogP contribution >= 0.6 is 23.4 Å². The number of aromatic nitrogens is 3. The molecule has 1 amide bonds. The molecular formula is C31H35ClFN7O2S. The van der Waals surface area contributed by atoms with Crippen LogP contribution in [0.2, 0.25) is 5.02 Å². The molecule has 226 valence electrons. The van der Waals surface area contributed by atoms with E-state index in [1.54, 1.807) is 24.4 Å². The number of hydrogen-bond donors (Lipinski definition) is 3. The lowest BCUT2D eigenvalue weighted by atomic mass is 9.34. The third-order valence-corrected chi connectivity index (χ3v) is 10.4. The van der Waals surface area contributed by atoms with Gasteiger partial charge in [0.2, 0.25) is 5.91 Å². The molecule has 5 fully saturated rings. The molecule has 12 heteroatoms. The first-order valence-electron chi connectivity index (χ1n) is 14.9. The number of anilines is 3. The van der Waals surface area contributed by atoms with Crippen LogP contribution in [0.3, 0.4) is 0 Å². The minimum atomic E-state index is -0.458. The molecule has 0 radical (unpaired) electrons. The number of aliphatic hydroxyl groups is 1. The quantitative estimate of drug-likeness (QED) is 0.253. The van der Waals surface area contributed by atoms with Gasteiger partial charge in [0, 0.05) is 73.1 Å². The molecule has 9 nitrogen and oxygen atoms in total. The number of halogens is 2. The van der Waals surface area contributed by atoms with Crippen LogP contribution in [-0.2, 0) is 4.79 Å². The number of carbonyl (C=O) groups excluding carboxylic acids is 1. The molecule has 3 aromatic rings. The maximum absolute atomic E-state index is 14.6. The maximum atomic E-state index is 14.6. The number of carbonyl (C=O) groups is 1. The van der Waals surface area contributed by atoms with E-state index in [1.165, 1.54) is 55.9 Å². The van der Waals surface area contributed by atoms with Crippen LogP contribution in [0.15, 0.2) is 47.6 Å². The molecule has 8 rings (SSSR count). The van der Waals surface area contributed by atoms with Crippen molar-refractivity contribution < 1.29 is 14.3 Å². The Labute approximate surface area is 259 Å². The van der Waals surface area contributed by atoms with Crippen molar-refractivity contribution in [3.8, 4) is 11.3 Å². The predicted octanol–water partition coefficient (Wildman–Crippen LogP) is 5.05. The molecule has 2 bridgehead atoms. The summed E-state index contributed by atoms with van der Waals surface area (Å²) in [4.78, 5) is 23.0. The smallest absolute Gasteiger partial charge is 0.231 e. The fourth-order valence-electron chi connectivity index (χ4n) is 7.13. The summed E-state index contributed by atoms with van der Waals surface area (Å²) in [6, 6.07) is 10.4. The lowest BCUT2D eigenvalue weighted by Gasteiger charge is -2.70. The number of nitrogens with one attached hydrogen (secondary N) is 2. The molecule has 1 saturated heterocycles. The van der Waals surface area contributed by atoms with Crippen molar-refractivity contribution in [3.63, 3.8) is 0 Å². The fraction of sp³-hybridized carbons (Fsp3) is 0.484. The predicted molar refractivity (Wildman–Crippen MR) is 166 cm³/mol. The molecule has 2 aromatic heterocycles. The van der Waals surface area contributed by atoms with Crippen LogP contribution in [0.5, 0.6) is 0 Å². The molecule has 1 aliphatic heterocycles. The number of rotatable bonds is 11. The molecule has 3 N–H and O–H groups in total. The van der Waals surface area contributed by atoms with Gasteiger partial charge in [-0.25, -0.2) is 9.37 Å². The van der Waals surface area contributed by atoms with Gasteiger partial charge in [0.25, 0.3) is 0 Å². The van der Waals surface area contributed by atoms with E-state index in [0.29, 0.717) is 44.1 Å². The minimum Gasteiger partial charge on any atom is -0.396 e. The number of aliphatic hydroxyl groups excluding tert-OH is 1. The van der Waals surface area contributed by atoms with Gasteiger partial charge < -0.3 is 20.6 Å². The average molecular weight is 624 g/mol. The van der Waals surface area contributed by atoms with Gasteiger partial charge in [0.15, 0.2) is 0 Å². The van der Waals surface area contributed by atoms with Gasteiger partial charge in [-0.3, -0.25) is 9.69 Å². The van der Waals surface area contributed by atoms with Gasteiger partial charge in [-0.1, -0.05) is 11.6 Å². The number of benzene rings is 1. The van der Waals surface area contributed by atoms with Gasteiger partial charge in [-0.2, -0.15) is 0 Å². The SMILES string of the molecule is O=C(Nc1cc(Nc2cc(-c3cc(Cl)ccc3F)nnc2SCCO)ccn1)C12CC(CN3CCN(C4CC4)CC3)(C1)C2. The van der Waals surface area contributed by atoms with Gasteiger partial charge >= 0.3 is 0 Å². The Morgan fingerprint density at radius 1 is 1.09 bits per heavy atom. The highest BCUT2D eigenvalue weighted by molar-refractivity contribution is 7.99. The molecule has 4 saturated carbocycles. The molecule has 5 aliphatic rings. The lowest BCUT2D eigenvalue weighted by Crippen LogP contribution is -2.70. The zero-order valence-corrected chi connectivity index (χ0v) is 25.4. The molecule has 0 spiro atoms. The van der Waals surface area contributed by atoms with Crippen LogP contribution in [0.4, 0.5) is 21.6 Å². The van der Waals surface area contributed by atoms with E-state index in [1.807, 2.05) is 0 Å². The van der Waals surface area contributed by atoms with Crippen molar-refractivity contribution in [2.45, 2.75) is 43.2 Å². The monoisotopic (exact) mass is 623 g/mol. The van der Waals surface area contributed by atoms with E-state index < -0.39 is 5.82 Å². The lowest BCUT2D eigenvalue weighted by molar-refractivity contribution is -0.210. The van der Waals surface area contributed by atoms with Crippen molar-refractivity contribution in [1.82, 2.24) is 25.0 Å². The summed E-state index contributed by atoms with van der Waals surface area (Å²) < 4.78 is 14.6. The van der Waals surface area contributed by atoms with E-state index >= 15 is 0 Å². The van der Waals surface area contributed by atoms with Crippen molar-refractivity contribution in [2.75, 3.05) is 55.7 Å². The molecule has 1 aromatic carbocycles. The summed E-state index contributed by atoms with van der Waals surface area (Å²) in [5, 5.41) is 25.1. The third-order valence-electron chi connectivity index (χ3n) is 9.23. The van der Waals surface area contributed by atoms with Crippen molar-refractivity contribution in [2.24, 2.45) is 10.8 Å². The Morgan fingerprint density at radius 3 is 2.63 bits per heavy atom. The molecule has 3 heterocycles. The summed E-state index contributed by atoms with van der Waals surface area (Å²) in [5.74, 6) is 0.478. The number of thioether (sulfide) groups is 1. The first-order chi connectivity index (χ1) is 20.8. The fourth-order valence-corrected chi connectivity index (χ4v) is 7.95. The molecular weight excluding hydrogens is 589 g/mol. The van der Waals surface area contributed by atoms with Crippen LogP contribution in [0, 0.1) is 16.6 Å². The second kappa shape index (κ2) is 11.6. The summed E-state index contributed by atoms with van der Waals surface area (Å²) in [7, 11) is 0. The van der Waals surface area contributed by atoms with E-state index in [2.05, 4.69) is 35.6 Å². The van der Waals surface area contributed by atoms with Crippen LogP contribution in [-0.4, -0.2) is 87.1 Å². The second-order valence-corrected chi connectivity index (χ2v) is 14.0. The highest BCUT2D eigenvalue weighted by Gasteiger charge is 2.71. The van der Waals surface area contributed by atoms with E-state index in [4.69, 9.17) is 11.6 Å². The standard InChI is InChI=1S/C31H35ClFN7O2S/c32-20-1-4-24(33)23(13-20)25-15-26(28(38-37-25)43-12-11-41)35-21-5-6-34-27(14-21)36-29(42)31-16-30(17-31,18-31)19-39-7-9-40(10-8-39)22-2-3-22/h1,4-6,13-15,22,41H,2-3,7-12,16-19H2,(H2,34,35,36,37,42). The second-order valence-electron chi connectivity index (χ2n) is 12.5. The van der Waals surface area contributed by atoms with Crippen LogP contribution < -0.4 is 10.6 Å². The van der Waals surface area contributed by atoms with E-state index in [0.717, 1.165) is 44.9 Å². The highest BCUT2D eigenvalue weighted by Crippen LogP contribution is 2.73. The number of amides is 1. The first kappa shape index (κ1) is 28.9. The molecule has 43 heavy (non-hydrogen) atoms. The van der Waals surface area contributed by atoms with Crippen molar-refractivity contribution >= 4 is 46.5 Å². The van der Waals surface area contributed by atoms with Gasteiger partial charge in [0.05, 0.1) is 23.4 Å². The minimum absolute atomic E-state index is 0.0258. The maximum Gasteiger partial charge on any atom is 0.231 e. The van der Waals surface area contributed by atoms with E-state index in [9.17, 15) is 14.3 Å². The summed E-state index contributed by atoms with van der Waals surface area (Å²) in [6.07, 6.45) is 7.21. The Morgan fingerprint density at radius 2 is 1.88 bits per heavy atom. The van der Waals surface area contributed by atoms with Gasteiger partial charge in [-0.05, 0) is 67.9 Å². The van der Waals surface area contributed by atoms with Crippen LogP contribution in [0.1, 0.15) is 32.1 Å². The van der Waals surface area contributed by atoms with Crippen molar-refractivity contribution in [3.05, 3.63) is 53.4 Å². The normalized spacial score (nSPS) is 25.1. The zero-order valence-electron chi connectivity index (χ0n) is 23.9. The summed E-state index contributed by atoms with van der Waals surface area (Å²) >= 11 is 7.43. The largest absolute Gasteiger partial charge is 0.396 e. The van der Waals surface area contributed by atoms with E-state index in [-0.39, 0.29) is 23.5 Å². The Bertz CT molecular complexity index is 1510. The molecule has 0 atom stereocenters. The average Bonchev–Trinajstić information content (AvgIpc) is 3.81. The highest BCUT2D eigenvalue weighted by atomic mass is 35.5. The Balaban J connectivity index is 0.992. The molecule has 0 unspecified atom stereocenters. The van der Waals surface area contributed by atoms with Gasteiger partial charge in [-0.15, -0.1) is 22.0 Å². The Hall–Kier alpha value is -2.83.